The number of alkyl halides is 1. The van der Waals surface area contributed by atoms with Crippen LogP contribution in [-0.2, 0) is 24.9 Å². The predicted molar refractivity (Wildman–Crippen MR) is 93.4 cm³/mol. The molecular weight excluding hydrogens is 419 g/mol. The summed E-state index contributed by atoms with van der Waals surface area (Å²) in [6.07, 6.45) is 0.897. The molecular formula is C15H17Br2ClN2O. The van der Waals surface area contributed by atoms with Gasteiger partial charge in [-0.3, -0.25) is 4.68 Å². The number of rotatable bonds is 6. The second-order valence-electron chi connectivity index (χ2n) is 4.55. The van der Waals surface area contributed by atoms with Crippen molar-refractivity contribution in [3.63, 3.8) is 0 Å². The lowest BCUT2D eigenvalue weighted by Crippen LogP contribution is -2.07. The zero-order valence-corrected chi connectivity index (χ0v) is 15.9. The minimum Gasteiger partial charge on any atom is -0.487 e. The summed E-state index contributed by atoms with van der Waals surface area (Å²) >= 11 is 13.1. The van der Waals surface area contributed by atoms with Crippen molar-refractivity contribution in [2.24, 2.45) is 0 Å². The van der Waals surface area contributed by atoms with Gasteiger partial charge in [0.05, 0.1) is 15.9 Å². The molecule has 0 radical (unpaired) electrons. The van der Waals surface area contributed by atoms with Crippen molar-refractivity contribution in [1.29, 1.82) is 0 Å². The van der Waals surface area contributed by atoms with Gasteiger partial charge in [0.25, 0.3) is 0 Å². The van der Waals surface area contributed by atoms with Crippen molar-refractivity contribution in [2.75, 3.05) is 0 Å². The Labute approximate surface area is 146 Å². The third-order valence-corrected chi connectivity index (χ3v) is 4.98. The topological polar surface area (TPSA) is 27.1 Å². The molecule has 6 heteroatoms. The monoisotopic (exact) mass is 434 g/mol. The molecule has 0 unspecified atom stereocenters. The second-order valence-corrected chi connectivity index (χ2v) is 6.34. The Kier molecular flexibility index (Phi) is 6.14. The van der Waals surface area contributed by atoms with Crippen molar-refractivity contribution in [2.45, 2.75) is 38.8 Å². The SMILES string of the molecule is CCc1nn(CC)c(COc2ccc(Cl)cc2CBr)c1Br. The van der Waals surface area contributed by atoms with Crippen LogP contribution in [0.2, 0.25) is 5.02 Å². The van der Waals surface area contributed by atoms with E-state index in [1.54, 1.807) is 0 Å². The Morgan fingerprint density at radius 1 is 1.33 bits per heavy atom. The quantitative estimate of drug-likeness (QED) is 0.571. The molecule has 0 saturated carbocycles. The summed E-state index contributed by atoms with van der Waals surface area (Å²) < 4.78 is 8.99. The number of ether oxygens (including phenoxy) is 1. The maximum absolute atomic E-state index is 6.01. The molecule has 0 bridgehead atoms. The molecule has 2 rings (SSSR count). The zero-order chi connectivity index (χ0) is 15.4. The minimum atomic E-state index is 0.475. The Balaban J connectivity index is 2.22. The highest BCUT2D eigenvalue weighted by atomic mass is 79.9. The first-order chi connectivity index (χ1) is 10.1. The number of aryl methyl sites for hydroxylation is 2. The third kappa shape index (κ3) is 3.82. The molecule has 1 heterocycles. The molecule has 21 heavy (non-hydrogen) atoms. The first-order valence-electron chi connectivity index (χ1n) is 6.81. The fourth-order valence-electron chi connectivity index (χ4n) is 2.09. The van der Waals surface area contributed by atoms with Gasteiger partial charge in [-0.15, -0.1) is 0 Å². The van der Waals surface area contributed by atoms with Crippen LogP contribution in [0.5, 0.6) is 5.75 Å². The third-order valence-electron chi connectivity index (χ3n) is 3.23. The summed E-state index contributed by atoms with van der Waals surface area (Å²) in [4.78, 5) is 0. The summed E-state index contributed by atoms with van der Waals surface area (Å²) in [5.41, 5.74) is 3.16. The van der Waals surface area contributed by atoms with Crippen LogP contribution < -0.4 is 4.74 Å². The van der Waals surface area contributed by atoms with Gasteiger partial charge in [-0.2, -0.15) is 5.10 Å². The van der Waals surface area contributed by atoms with Crippen molar-refractivity contribution in [3.05, 3.63) is 44.6 Å². The summed E-state index contributed by atoms with van der Waals surface area (Å²) in [5, 5.41) is 5.99. The first-order valence-corrected chi connectivity index (χ1v) is 9.11. The van der Waals surface area contributed by atoms with Crippen LogP contribution in [0.4, 0.5) is 0 Å². The Bertz CT molecular complexity index is 628. The minimum absolute atomic E-state index is 0.475. The number of aromatic nitrogens is 2. The molecule has 0 atom stereocenters. The first kappa shape index (κ1) is 16.8. The lowest BCUT2D eigenvalue weighted by Gasteiger charge is -2.11. The maximum Gasteiger partial charge on any atom is 0.131 e. The fourth-order valence-corrected chi connectivity index (χ4v) is 3.41. The number of hydrogen-bond acceptors (Lipinski definition) is 2. The smallest absolute Gasteiger partial charge is 0.131 e. The van der Waals surface area contributed by atoms with Crippen molar-refractivity contribution < 1.29 is 4.74 Å². The molecule has 1 aromatic heterocycles. The van der Waals surface area contributed by atoms with E-state index in [9.17, 15) is 0 Å². The standard InChI is InChI=1S/C15H17Br2ClN2O/c1-3-12-15(17)13(20(4-2)19-12)9-21-14-6-5-11(18)7-10(14)8-16/h5-7H,3-4,8-9H2,1-2H3. The lowest BCUT2D eigenvalue weighted by molar-refractivity contribution is 0.289. The molecule has 2 aromatic rings. The second kappa shape index (κ2) is 7.65. The van der Waals surface area contributed by atoms with E-state index in [2.05, 4.69) is 50.8 Å². The van der Waals surface area contributed by atoms with Crippen molar-refractivity contribution >= 4 is 43.5 Å². The zero-order valence-electron chi connectivity index (χ0n) is 12.0. The van der Waals surface area contributed by atoms with Crippen LogP contribution in [0.3, 0.4) is 0 Å². The van der Waals surface area contributed by atoms with Crippen LogP contribution in [0.1, 0.15) is 30.8 Å². The van der Waals surface area contributed by atoms with Crippen LogP contribution in [0.25, 0.3) is 0 Å². The van der Waals surface area contributed by atoms with Gasteiger partial charge in [0, 0.05) is 22.5 Å². The molecule has 1 aromatic carbocycles. The van der Waals surface area contributed by atoms with Crippen LogP contribution in [0.15, 0.2) is 22.7 Å². The van der Waals surface area contributed by atoms with Crippen LogP contribution in [-0.4, -0.2) is 9.78 Å². The van der Waals surface area contributed by atoms with Gasteiger partial charge >= 0.3 is 0 Å². The van der Waals surface area contributed by atoms with E-state index in [-0.39, 0.29) is 0 Å². The number of hydrogen-bond donors (Lipinski definition) is 0. The van der Waals surface area contributed by atoms with E-state index in [0.717, 1.165) is 40.1 Å². The predicted octanol–water partition coefficient (Wildman–Crippen LogP) is 5.36. The van der Waals surface area contributed by atoms with Crippen molar-refractivity contribution in [3.8, 4) is 5.75 Å². The van der Waals surface area contributed by atoms with E-state index < -0.39 is 0 Å². The Morgan fingerprint density at radius 3 is 2.71 bits per heavy atom. The van der Waals surface area contributed by atoms with E-state index >= 15 is 0 Å². The number of benzene rings is 1. The molecule has 0 saturated heterocycles. The van der Waals surface area contributed by atoms with E-state index in [1.807, 2.05) is 22.9 Å². The van der Waals surface area contributed by atoms with E-state index in [0.29, 0.717) is 17.0 Å². The summed E-state index contributed by atoms with van der Waals surface area (Å²) in [5.74, 6) is 0.838. The number of halogens is 3. The van der Waals surface area contributed by atoms with Crippen LogP contribution in [0, 0.1) is 0 Å². The van der Waals surface area contributed by atoms with Gasteiger partial charge < -0.3 is 4.74 Å². The molecule has 0 aliphatic rings. The molecule has 0 spiro atoms. The van der Waals surface area contributed by atoms with Gasteiger partial charge in [0.2, 0.25) is 0 Å². The van der Waals surface area contributed by atoms with Crippen LogP contribution >= 0.6 is 43.5 Å². The molecule has 0 amide bonds. The van der Waals surface area contributed by atoms with Gasteiger partial charge in [0.15, 0.2) is 0 Å². The number of nitrogens with zero attached hydrogens (tertiary/aromatic N) is 2. The highest BCUT2D eigenvalue weighted by Gasteiger charge is 2.15. The fraction of sp³-hybridized carbons (Fsp3) is 0.400. The molecule has 0 N–H and O–H groups in total. The lowest BCUT2D eigenvalue weighted by atomic mass is 10.2. The molecule has 114 valence electrons. The summed E-state index contributed by atoms with van der Waals surface area (Å²) in [6.45, 7) is 5.47. The molecule has 0 fully saturated rings. The Morgan fingerprint density at radius 2 is 2.10 bits per heavy atom. The van der Waals surface area contributed by atoms with E-state index in [1.165, 1.54) is 0 Å². The molecule has 0 aliphatic carbocycles. The average molecular weight is 437 g/mol. The maximum atomic E-state index is 6.01. The van der Waals surface area contributed by atoms with Crippen molar-refractivity contribution in [1.82, 2.24) is 9.78 Å². The highest BCUT2D eigenvalue weighted by Crippen LogP contribution is 2.28. The summed E-state index contributed by atoms with van der Waals surface area (Å²) in [7, 11) is 0. The Hall–Kier alpha value is -0.520. The van der Waals surface area contributed by atoms with Gasteiger partial charge in [-0.1, -0.05) is 34.5 Å². The molecule has 0 aliphatic heterocycles. The molecule has 3 nitrogen and oxygen atoms in total. The van der Waals surface area contributed by atoms with E-state index in [4.69, 9.17) is 16.3 Å². The summed E-state index contributed by atoms with van der Waals surface area (Å²) in [6, 6.07) is 5.65. The average Bonchev–Trinajstić information content (AvgIpc) is 2.81. The van der Waals surface area contributed by atoms with Gasteiger partial charge in [-0.25, -0.2) is 0 Å². The van der Waals surface area contributed by atoms with Gasteiger partial charge in [0.1, 0.15) is 12.4 Å². The highest BCUT2D eigenvalue weighted by molar-refractivity contribution is 9.10. The largest absolute Gasteiger partial charge is 0.487 e. The van der Waals surface area contributed by atoms with Gasteiger partial charge in [-0.05, 0) is 47.5 Å². The normalized spacial score (nSPS) is 10.9.